The van der Waals surface area contributed by atoms with E-state index in [9.17, 15) is 4.79 Å². The summed E-state index contributed by atoms with van der Waals surface area (Å²) in [6, 6.07) is 10.7. The van der Waals surface area contributed by atoms with Crippen molar-refractivity contribution >= 4 is 17.4 Å². The van der Waals surface area contributed by atoms with Crippen LogP contribution in [0.1, 0.15) is 11.5 Å². The van der Waals surface area contributed by atoms with Crippen molar-refractivity contribution in [2.45, 2.75) is 17.8 Å². The van der Waals surface area contributed by atoms with Crippen LogP contribution in [0.3, 0.4) is 0 Å². The molecule has 1 aromatic carbocycles. The third kappa shape index (κ3) is 3.21. The number of ether oxygens (including phenoxy) is 1. The normalized spacial score (nSPS) is 11.2. The molecule has 26 heavy (non-hydrogen) atoms. The van der Waals surface area contributed by atoms with Crippen molar-refractivity contribution < 1.29 is 9.26 Å². The molecule has 0 spiro atoms. The second-order valence-corrected chi connectivity index (χ2v) is 6.51. The molecule has 1 N–H and O–H groups in total. The molecule has 3 heterocycles. The molecule has 0 aliphatic rings. The minimum Gasteiger partial charge on any atom is -0.497 e. The maximum absolute atomic E-state index is 12.0. The maximum atomic E-state index is 12.0. The topological polar surface area (TPSA) is 98.3 Å². The lowest BCUT2D eigenvalue weighted by molar-refractivity contribution is 0.344. The van der Waals surface area contributed by atoms with Gasteiger partial charge in [0.1, 0.15) is 11.5 Å². The standard InChI is InChI=1S/C17H15N5O3S/c1-10-7-14-18-12(8-15(23)22(14)25-10)9-26-17-19-16(20-21-17)11-3-5-13(24-2)6-4-11/h3-8H,9H2,1-2H3,(H,19,20,21). The Morgan fingerprint density at radius 2 is 2.04 bits per heavy atom. The molecular weight excluding hydrogens is 354 g/mol. The minimum atomic E-state index is -0.243. The first kappa shape index (κ1) is 16.4. The van der Waals surface area contributed by atoms with Crippen LogP contribution in [0.2, 0.25) is 0 Å². The second-order valence-electron chi connectivity index (χ2n) is 5.57. The number of hydrogen-bond acceptors (Lipinski definition) is 7. The van der Waals surface area contributed by atoms with Crippen molar-refractivity contribution in [3.05, 3.63) is 58.2 Å². The predicted octanol–water partition coefficient (Wildman–Crippen LogP) is 2.68. The number of nitrogens with zero attached hydrogens (tertiary/aromatic N) is 4. The van der Waals surface area contributed by atoms with E-state index in [0.29, 0.717) is 33.8 Å². The SMILES string of the molecule is COc1ccc(-c2nc(SCc3cc(=O)n4oc(C)cc4n3)n[nH]2)cc1. The summed E-state index contributed by atoms with van der Waals surface area (Å²) in [5.41, 5.74) is 1.82. The van der Waals surface area contributed by atoms with Gasteiger partial charge < -0.3 is 9.26 Å². The van der Waals surface area contributed by atoms with Crippen LogP contribution in [0.4, 0.5) is 0 Å². The Morgan fingerprint density at radius 3 is 2.81 bits per heavy atom. The molecule has 0 radical (unpaired) electrons. The van der Waals surface area contributed by atoms with E-state index >= 15 is 0 Å². The number of H-pyrrole nitrogens is 1. The molecule has 0 aliphatic heterocycles. The molecule has 0 atom stereocenters. The molecule has 0 amide bonds. The summed E-state index contributed by atoms with van der Waals surface area (Å²) in [6.45, 7) is 1.77. The molecule has 8 nitrogen and oxygen atoms in total. The van der Waals surface area contributed by atoms with Crippen LogP contribution in [-0.2, 0) is 5.75 Å². The van der Waals surface area contributed by atoms with Crippen LogP contribution in [0, 0.1) is 6.92 Å². The number of rotatable bonds is 5. The number of benzene rings is 1. The van der Waals surface area contributed by atoms with Crippen molar-refractivity contribution in [1.29, 1.82) is 0 Å². The van der Waals surface area contributed by atoms with Gasteiger partial charge in [-0.2, -0.15) is 0 Å². The fraction of sp³-hybridized carbons (Fsp3) is 0.176. The van der Waals surface area contributed by atoms with Crippen LogP contribution >= 0.6 is 11.8 Å². The molecule has 0 bridgehead atoms. The Hall–Kier alpha value is -3.07. The van der Waals surface area contributed by atoms with Gasteiger partial charge >= 0.3 is 0 Å². The highest BCUT2D eigenvalue weighted by molar-refractivity contribution is 7.98. The Bertz CT molecular complexity index is 1110. The number of aromatic amines is 1. The average Bonchev–Trinajstić information content (AvgIpc) is 3.26. The first-order chi connectivity index (χ1) is 12.6. The average molecular weight is 369 g/mol. The molecule has 0 fully saturated rings. The summed E-state index contributed by atoms with van der Waals surface area (Å²) in [5, 5.41) is 7.71. The molecule has 4 aromatic rings. The Balaban J connectivity index is 1.50. The maximum Gasteiger partial charge on any atom is 0.287 e. The third-order valence-corrected chi connectivity index (χ3v) is 4.58. The lowest BCUT2D eigenvalue weighted by Gasteiger charge is -2.00. The lowest BCUT2D eigenvalue weighted by atomic mass is 10.2. The number of aromatic nitrogens is 5. The minimum absolute atomic E-state index is 0.243. The first-order valence-electron chi connectivity index (χ1n) is 7.81. The smallest absolute Gasteiger partial charge is 0.287 e. The molecule has 4 rings (SSSR count). The summed E-state index contributed by atoms with van der Waals surface area (Å²) >= 11 is 1.40. The quantitative estimate of drug-likeness (QED) is 0.540. The van der Waals surface area contributed by atoms with Crippen molar-refractivity contribution in [3.63, 3.8) is 0 Å². The van der Waals surface area contributed by atoms with Gasteiger partial charge in [-0.1, -0.05) is 11.8 Å². The van der Waals surface area contributed by atoms with Gasteiger partial charge in [0, 0.05) is 23.4 Å². The number of aryl methyl sites for hydroxylation is 1. The van der Waals surface area contributed by atoms with E-state index in [4.69, 9.17) is 9.26 Å². The highest BCUT2D eigenvalue weighted by atomic mass is 32.2. The van der Waals surface area contributed by atoms with Crippen LogP contribution in [0.25, 0.3) is 17.0 Å². The first-order valence-corrected chi connectivity index (χ1v) is 8.80. The van der Waals surface area contributed by atoms with Crippen molar-refractivity contribution in [2.24, 2.45) is 0 Å². The van der Waals surface area contributed by atoms with Gasteiger partial charge in [-0.3, -0.25) is 9.89 Å². The van der Waals surface area contributed by atoms with Gasteiger partial charge in [-0.25, -0.2) is 9.97 Å². The molecule has 3 aromatic heterocycles. The van der Waals surface area contributed by atoms with Crippen LogP contribution in [-0.4, -0.2) is 31.8 Å². The molecule has 0 unspecified atom stereocenters. The summed E-state index contributed by atoms with van der Waals surface area (Å²) < 4.78 is 11.6. The van der Waals surface area contributed by atoms with Crippen LogP contribution in [0.15, 0.2) is 50.9 Å². The number of hydrogen-bond donors (Lipinski definition) is 1. The lowest BCUT2D eigenvalue weighted by Crippen LogP contribution is -2.12. The highest BCUT2D eigenvalue weighted by Crippen LogP contribution is 2.23. The van der Waals surface area contributed by atoms with Crippen molar-refractivity contribution in [2.75, 3.05) is 7.11 Å². The zero-order valence-corrected chi connectivity index (χ0v) is 14.9. The third-order valence-electron chi connectivity index (χ3n) is 3.70. The van der Waals surface area contributed by atoms with Crippen LogP contribution < -0.4 is 10.3 Å². The fourth-order valence-corrected chi connectivity index (χ4v) is 3.17. The number of methoxy groups -OCH3 is 1. The fourth-order valence-electron chi connectivity index (χ4n) is 2.48. The monoisotopic (exact) mass is 369 g/mol. The number of nitrogens with one attached hydrogen (secondary N) is 1. The van der Waals surface area contributed by atoms with Crippen LogP contribution in [0.5, 0.6) is 5.75 Å². The van der Waals surface area contributed by atoms with E-state index < -0.39 is 0 Å². The van der Waals surface area contributed by atoms with Gasteiger partial charge in [0.2, 0.25) is 5.16 Å². The van der Waals surface area contributed by atoms with E-state index in [1.54, 1.807) is 20.1 Å². The number of thioether (sulfide) groups is 1. The van der Waals surface area contributed by atoms with E-state index in [0.717, 1.165) is 11.3 Å². The summed E-state index contributed by atoms with van der Waals surface area (Å²) in [5.74, 6) is 2.57. The molecule has 9 heteroatoms. The zero-order chi connectivity index (χ0) is 18.1. The van der Waals surface area contributed by atoms with E-state index in [1.807, 2.05) is 24.3 Å². The van der Waals surface area contributed by atoms with Gasteiger partial charge in [0.15, 0.2) is 11.5 Å². The number of fused-ring (bicyclic) bond motifs is 1. The summed E-state index contributed by atoms with van der Waals surface area (Å²) in [6.07, 6.45) is 0. The predicted molar refractivity (Wildman–Crippen MR) is 96.4 cm³/mol. The molecular formula is C17H15N5O3S. The Morgan fingerprint density at radius 1 is 1.23 bits per heavy atom. The van der Waals surface area contributed by atoms with E-state index in [2.05, 4.69) is 20.2 Å². The highest BCUT2D eigenvalue weighted by Gasteiger charge is 2.10. The van der Waals surface area contributed by atoms with Gasteiger partial charge in [0.05, 0.1) is 12.8 Å². The molecule has 0 saturated heterocycles. The summed E-state index contributed by atoms with van der Waals surface area (Å²) in [4.78, 5) is 20.9. The zero-order valence-electron chi connectivity index (χ0n) is 14.1. The largest absolute Gasteiger partial charge is 0.497 e. The molecule has 0 saturated carbocycles. The summed E-state index contributed by atoms with van der Waals surface area (Å²) in [7, 11) is 1.63. The Kier molecular flexibility index (Phi) is 4.21. The van der Waals surface area contributed by atoms with Gasteiger partial charge in [0.25, 0.3) is 5.56 Å². The second kappa shape index (κ2) is 6.68. The van der Waals surface area contributed by atoms with Gasteiger partial charge in [-0.15, -0.1) is 9.67 Å². The molecule has 0 aliphatic carbocycles. The molecule has 132 valence electrons. The Labute approximate surface area is 152 Å². The van der Waals surface area contributed by atoms with Gasteiger partial charge in [-0.05, 0) is 31.2 Å². The van der Waals surface area contributed by atoms with Crippen molar-refractivity contribution in [1.82, 2.24) is 24.7 Å². The van der Waals surface area contributed by atoms with Crippen molar-refractivity contribution in [3.8, 4) is 17.1 Å². The van der Waals surface area contributed by atoms with E-state index in [1.165, 1.54) is 22.4 Å². The van der Waals surface area contributed by atoms with E-state index in [-0.39, 0.29) is 5.56 Å².